The average Bonchev–Trinajstić information content (AvgIpc) is 2.38. The number of benzene rings is 1. The van der Waals surface area contributed by atoms with Gasteiger partial charge in [0, 0.05) is 30.7 Å². The smallest absolute Gasteiger partial charge is 0.165 e. The molecular weight excluding hydrogens is 254 g/mol. The topological polar surface area (TPSA) is 50.7 Å². The van der Waals surface area contributed by atoms with Crippen LogP contribution < -0.4 is 14.8 Å². The van der Waals surface area contributed by atoms with Crippen molar-refractivity contribution in [3.05, 3.63) is 23.8 Å². The highest BCUT2D eigenvalue weighted by molar-refractivity contribution is 5.46. The fraction of sp³-hybridized carbons (Fsp3) is 0.625. The van der Waals surface area contributed by atoms with E-state index in [1.54, 1.807) is 0 Å². The molecule has 0 aliphatic heterocycles. The van der Waals surface area contributed by atoms with Gasteiger partial charge in [0.2, 0.25) is 0 Å². The molecule has 0 fully saturated rings. The number of ether oxygens (including phenoxy) is 2. The predicted octanol–water partition coefficient (Wildman–Crippen LogP) is 2.73. The lowest BCUT2D eigenvalue weighted by molar-refractivity contribution is 0.223. The molecule has 0 spiro atoms. The molecule has 2 N–H and O–H groups in total. The first-order valence-electron chi connectivity index (χ1n) is 7.21. The van der Waals surface area contributed by atoms with Crippen molar-refractivity contribution in [1.29, 1.82) is 0 Å². The van der Waals surface area contributed by atoms with Gasteiger partial charge in [0.05, 0.1) is 13.2 Å². The Bertz CT molecular complexity index is 399. The van der Waals surface area contributed by atoms with Crippen LogP contribution in [0.15, 0.2) is 18.2 Å². The second kappa shape index (κ2) is 8.12. The van der Waals surface area contributed by atoms with Crippen molar-refractivity contribution >= 4 is 0 Å². The first-order valence-corrected chi connectivity index (χ1v) is 7.21. The third kappa shape index (κ3) is 5.80. The molecule has 1 aromatic carbocycles. The summed E-state index contributed by atoms with van der Waals surface area (Å²) in [5.41, 5.74) is 1.12. The molecule has 0 radical (unpaired) electrons. The van der Waals surface area contributed by atoms with Crippen molar-refractivity contribution in [3.63, 3.8) is 0 Å². The van der Waals surface area contributed by atoms with E-state index in [1.165, 1.54) is 0 Å². The average molecular weight is 281 g/mol. The van der Waals surface area contributed by atoms with E-state index in [1.807, 2.05) is 25.1 Å². The Morgan fingerprint density at radius 2 is 1.95 bits per heavy atom. The van der Waals surface area contributed by atoms with E-state index >= 15 is 0 Å². The number of rotatable bonds is 8. The number of para-hydroxylation sites is 1. The zero-order valence-corrected chi connectivity index (χ0v) is 13.0. The predicted molar refractivity (Wildman–Crippen MR) is 81.4 cm³/mol. The Balaban J connectivity index is 2.86. The van der Waals surface area contributed by atoms with Crippen LogP contribution in [0.2, 0.25) is 0 Å². The molecule has 0 unspecified atom stereocenters. The van der Waals surface area contributed by atoms with Crippen molar-refractivity contribution < 1.29 is 14.6 Å². The molecule has 0 aliphatic rings. The van der Waals surface area contributed by atoms with Gasteiger partial charge in [-0.2, -0.15) is 0 Å². The molecule has 0 atom stereocenters. The van der Waals surface area contributed by atoms with E-state index < -0.39 is 0 Å². The van der Waals surface area contributed by atoms with Crippen LogP contribution in [0.4, 0.5) is 0 Å². The van der Waals surface area contributed by atoms with Gasteiger partial charge in [0.1, 0.15) is 0 Å². The lowest BCUT2D eigenvalue weighted by Crippen LogP contribution is -2.35. The summed E-state index contributed by atoms with van der Waals surface area (Å²) >= 11 is 0. The maximum atomic E-state index is 8.87. The third-order valence-corrected chi connectivity index (χ3v) is 2.72. The van der Waals surface area contributed by atoms with E-state index in [-0.39, 0.29) is 12.1 Å². The molecule has 20 heavy (non-hydrogen) atoms. The van der Waals surface area contributed by atoms with Crippen LogP contribution in [0.5, 0.6) is 11.5 Å². The van der Waals surface area contributed by atoms with Gasteiger partial charge in [-0.25, -0.2) is 0 Å². The maximum Gasteiger partial charge on any atom is 0.165 e. The Morgan fingerprint density at radius 3 is 2.55 bits per heavy atom. The summed E-state index contributed by atoms with van der Waals surface area (Å²) in [5, 5.41) is 12.3. The van der Waals surface area contributed by atoms with Crippen molar-refractivity contribution in [3.8, 4) is 11.5 Å². The second-order valence-corrected chi connectivity index (χ2v) is 5.71. The third-order valence-electron chi connectivity index (χ3n) is 2.72. The Morgan fingerprint density at radius 1 is 1.20 bits per heavy atom. The van der Waals surface area contributed by atoms with E-state index in [9.17, 15) is 0 Å². The summed E-state index contributed by atoms with van der Waals surface area (Å²) in [5.74, 6) is 1.54. The quantitative estimate of drug-likeness (QED) is 0.719. The largest absolute Gasteiger partial charge is 0.490 e. The van der Waals surface area contributed by atoms with E-state index in [0.717, 1.165) is 23.6 Å². The summed E-state index contributed by atoms with van der Waals surface area (Å²) in [6.07, 6.45) is 0.618. The van der Waals surface area contributed by atoms with Crippen LogP contribution in [-0.4, -0.2) is 30.5 Å². The van der Waals surface area contributed by atoms with Gasteiger partial charge in [0.15, 0.2) is 11.5 Å². The molecular formula is C16H27NO3. The standard InChI is InChI=1S/C16H27NO3/c1-5-19-14-9-6-8-13(12-17-16(2,3)4)15(14)20-11-7-10-18/h6,8-9,17-18H,5,7,10-12H2,1-4H3. The normalized spacial score (nSPS) is 11.4. The minimum absolute atomic E-state index is 0.0456. The molecule has 1 rings (SSSR count). The Labute approximate surface area is 122 Å². The SMILES string of the molecule is CCOc1cccc(CNC(C)(C)C)c1OCCCO. The minimum Gasteiger partial charge on any atom is -0.490 e. The molecule has 0 amide bonds. The number of aliphatic hydroxyl groups excluding tert-OH is 1. The minimum atomic E-state index is 0.0456. The van der Waals surface area contributed by atoms with Gasteiger partial charge in [-0.1, -0.05) is 12.1 Å². The van der Waals surface area contributed by atoms with Crippen molar-refractivity contribution in [2.45, 2.75) is 46.2 Å². The van der Waals surface area contributed by atoms with E-state index in [0.29, 0.717) is 19.6 Å². The van der Waals surface area contributed by atoms with Crippen LogP contribution >= 0.6 is 0 Å². The molecule has 0 saturated heterocycles. The molecule has 0 aliphatic carbocycles. The fourth-order valence-corrected chi connectivity index (χ4v) is 1.73. The zero-order chi connectivity index (χ0) is 15.0. The van der Waals surface area contributed by atoms with Gasteiger partial charge in [-0.05, 0) is 33.8 Å². The first kappa shape index (κ1) is 16.8. The summed E-state index contributed by atoms with van der Waals surface area (Å²) < 4.78 is 11.4. The molecule has 114 valence electrons. The first-order chi connectivity index (χ1) is 9.48. The Hall–Kier alpha value is -1.26. The highest BCUT2D eigenvalue weighted by Gasteiger charge is 2.14. The summed E-state index contributed by atoms with van der Waals surface area (Å²) in [4.78, 5) is 0. The van der Waals surface area contributed by atoms with Gasteiger partial charge in [-0.3, -0.25) is 0 Å². The molecule has 4 heteroatoms. The van der Waals surface area contributed by atoms with Crippen molar-refractivity contribution in [2.75, 3.05) is 19.8 Å². The van der Waals surface area contributed by atoms with Crippen LogP contribution in [0.25, 0.3) is 0 Å². The highest BCUT2D eigenvalue weighted by Crippen LogP contribution is 2.31. The van der Waals surface area contributed by atoms with Crippen LogP contribution in [0.1, 0.15) is 39.7 Å². The summed E-state index contributed by atoms with van der Waals surface area (Å²) in [7, 11) is 0. The second-order valence-electron chi connectivity index (χ2n) is 5.71. The molecule has 0 heterocycles. The van der Waals surface area contributed by atoms with E-state index in [2.05, 4.69) is 26.1 Å². The number of hydrogen-bond acceptors (Lipinski definition) is 4. The number of hydrogen-bond donors (Lipinski definition) is 2. The number of nitrogens with one attached hydrogen (secondary N) is 1. The van der Waals surface area contributed by atoms with Crippen LogP contribution in [-0.2, 0) is 6.54 Å². The monoisotopic (exact) mass is 281 g/mol. The molecule has 4 nitrogen and oxygen atoms in total. The molecule has 0 bridgehead atoms. The van der Waals surface area contributed by atoms with E-state index in [4.69, 9.17) is 14.6 Å². The molecule has 1 aromatic rings. The fourth-order valence-electron chi connectivity index (χ4n) is 1.73. The Kier molecular flexibility index (Phi) is 6.82. The van der Waals surface area contributed by atoms with Gasteiger partial charge in [0.25, 0.3) is 0 Å². The lowest BCUT2D eigenvalue weighted by atomic mass is 10.1. The highest BCUT2D eigenvalue weighted by atomic mass is 16.5. The maximum absolute atomic E-state index is 8.87. The lowest BCUT2D eigenvalue weighted by Gasteiger charge is -2.22. The number of aliphatic hydroxyl groups is 1. The van der Waals surface area contributed by atoms with Crippen molar-refractivity contribution in [2.24, 2.45) is 0 Å². The molecule has 0 aromatic heterocycles. The molecule has 0 saturated carbocycles. The van der Waals surface area contributed by atoms with Crippen LogP contribution in [0, 0.1) is 0 Å². The van der Waals surface area contributed by atoms with Gasteiger partial charge in [-0.15, -0.1) is 0 Å². The summed E-state index contributed by atoms with van der Waals surface area (Å²) in [6.45, 7) is 10.3. The zero-order valence-electron chi connectivity index (χ0n) is 13.0. The van der Waals surface area contributed by atoms with Crippen LogP contribution in [0.3, 0.4) is 0 Å². The van der Waals surface area contributed by atoms with Gasteiger partial charge < -0.3 is 19.9 Å². The summed E-state index contributed by atoms with van der Waals surface area (Å²) in [6, 6.07) is 5.93. The van der Waals surface area contributed by atoms with Gasteiger partial charge >= 0.3 is 0 Å². The van der Waals surface area contributed by atoms with Crippen molar-refractivity contribution in [1.82, 2.24) is 5.32 Å².